The summed E-state index contributed by atoms with van der Waals surface area (Å²) in [5.41, 5.74) is 0. The predicted octanol–water partition coefficient (Wildman–Crippen LogP) is 1.05. The van der Waals surface area contributed by atoms with Gasteiger partial charge in [-0.15, -0.1) is 6.58 Å². The molecule has 0 aliphatic carbocycles. The maximum Gasteiger partial charge on any atom is 0.303 e. The lowest BCUT2D eigenvalue weighted by Gasteiger charge is -2.44. The monoisotopic (exact) mass is 416 g/mol. The van der Waals surface area contributed by atoms with Crippen LogP contribution in [0.2, 0.25) is 0 Å². The molecule has 1 saturated heterocycles. The van der Waals surface area contributed by atoms with Crippen molar-refractivity contribution in [3.8, 4) is 0 Å². The van der Waals surface area contributed by atoms with Gasteiger partial charge in [0.25, 0.3) is 0 Å². The smallest absolute Gasteiger partial charge is 0.303 e. The van der Waals surface area contributed by atoms with Crippen LogP contribution >= 0.6 is 0 Å². The molecule has 0 aromatic heterocycles. The summed E-state index contributed by atoms with van der Waals surface area (Å²) in [6.45, 7) is 8.27. The highest BCUT2D eigenvalue weighted by Crippen LogP contribution is 2.30. The predicted molar refractivity (Wildman–Crippen MR) is 97.3 cm³/mol. The average Bonchev–Trinajstić information content (AvgIpc) is 2.60. The average molecular weight is 416 g/mol. The van der Waals surface area contributed by atoms with Crippen LogP contribution in [-0.2, 0) is 47.6 Å². The van der Waals surface area contributed by atoms with Gasteiger partial charge in [0, 0.05) is 27.7 Å². The van der Waals surface area contributed by atoms with Gasteiger partial charge >= 0.3 is 23.9 Å². The quantitative estimate of drug-likeness (QED) is 0.221. The number of carbonyl (C=O) groups is 4. The standard InChI is InChI=1S/C19H28O10/c1-6-7-8-9-24-19-18(28-14(5)23)17(27-13(4)22)16(26-12(3)21)15(29-19)10-25-11(2)20/h6,15-19H,1,7-10H2,2-5H3/t15?,16-,17-,18?,19-/m1/s1. The van der Waals surface area contributed by atoms with E-state index in [1.54, 1.807) is 6.08 Å². The minimum Gasteiger partial charge on any atom is -0.463 e. The molecule has 10 heteroatoms. The lowest BCUT2D eigenvalue weighted by atomic mass is 9.98. The van der Waals surface area contributed by atoms with Gasteiger partial charge in [-0.2, -0.15) is 0 Å². The zero-order valence-electron chi connectivity index (χ0n) is 17.1. The van der Waals surface area contributed by atoms with Gasteiger partial charge in [0.15, 0.2) is 24.6 Å². The Kier molecular flexibility index (Phi) is 10.3. The third-order valence-electron chi connectivity index (χ3n) is 3.78. The first-order valence-corrected chi connectivity index (χ1v) is 9.18. The molecule has 1 rings (SSSR count). The van der Waals surface area contributed by atoms with Crippen molar-refractivity contribution in [2.24, 2.45) is 0 Å². The molecule has 1 heterocycles. The Labute approximate surface area is 169 Å². The number of unbranched alkanes of at least 4 members (excludes halogenated alkanes) is 1. The summed E-state index contributed by atoms with van der Waals surface area (Å²) >= 11 is 0. The SMILES string of the molecule is C=CCCCO[C@@H]1OC(COC(C)=O)[C@@H](OC(C)=O)[C@@H](OC(C)=O)C1OC(C)=O. The molecule has 0 spiro atoms. The lowest BCUT2D eigenvalue weighted by molar-refractivity contribution is -0.308. The molecule has 5 atom stereocenters. The van der Waals surface area contributed by atoms with Crippen LogP contribution in [0.15, 0.2) is 12.7 Å². The Morgan fingerprint density at radius 2 is 1.41 bits per heavy atom. The Balaban J connectivity index is 3.19. The van der Waals surface area contributed by atoms with Crippen LogP contribution in [0.1, 0.15) is 40.5 Å². The Hall–Kier alpha value is -2.46. The minimum absolute atomic E-state index is 0.236. The second kappa shape index (κ2) is 12.2. The van der Waals surface area contributed by atoms with Crippen LogP contribution in [0.25, 0.3) is 0 Å². The van der Waals surface area contributed by atoms with Gasteiger partial charge in [-0.1, -0.05) is 6.08 Å². The molecule has 0 amide bonds. The van der Waals surface area contributed by atoms with E-state index in [9.17, 15) is 19.2 Å². The number of hydrogen-bond donors (Lipinski definition) is 0. The van der Waals surface area contributed by atoms with Crippen LogP contribution in [0.5, 0.6) is 0 Å². The summed E-state index contributed by atoms with van der Waals surface area (Å²) in [6, 6.07) is 0. The van der Waals surface area contributed by atoms with E-state index in [0.29, 0.717) is 12.8 Å². The van der Waals surface area contributed by atoms with Gasteiger partial charge in [0.1, 0.15) is 12.7 Å². The number of carbonyl (C=O) groups excluding carboxylic acids is 4. The zero-order valence-corrected chi connectivity index (χ0v) is 17.1. The van der Waals surface area contributed by atoms with Crippen molar-refractivity contribution >= 4 is 23.9 Å². The van der Waals surface area contributed by atoms with E-state index in [1.165, 1.54) is 13.8 Å². The van der Waals surface area contributed by atoms with Gasteiger partial charge in [0.05, 0.1) is 6.61 Å². The van der Waals surface area contributed by atoms with E-state index in [2.05, 4.69) is 6.58 Å². The summed E-state index contributed by atoms with van der Waals surface area (Å²) in [5.74, 6) is -2.63. The summed E-state index contributed by atoms with van der Waals surface area (Å²) in [6.07, 6.45) is -2.73. The van der Waals surface area contributed by atoms with Gasteiger partial charge in [-0.05, 0) is 12.8 Å². The zero-order chi connectivity index (χ0) is 22.0. The van der Waals surface area contributed by atoms with Gasteiger partial charge in [-0.25, -0.2) is 0 Å². The van der Waals surface area contributed by atoms with Crippen LogP contribution < -0.4 is 0 Å². The minimum atomic E-state index is -1.22. The van der Waals surface area contributed by atoms with Crippen LogP contribution in [0.4, 0.5) is 0 Å². The number of rotatable bonds is 10. The van der Waals surface area contributed by atoms with Crippen molar-refractivity contribution < 1.29 is 47.6 Å². The van der Waals surface area contributed by atoms with Crippen LogP contribution in [0, 0.1) is 0 Å². The van der Waals surface area contributed by atoms with Crippen molar-refractivity contribution in [2.75, 3.05) is 13.2 Å². The molecule has 29 heavy (non-hydrogen) atoms. The Morgan fingerprint density at radius 1 is 0.862 bits per heavy atom. The second-order valence-corrected chi connectivity index (χ2v) is 6.37. The molecule has 0 aromatic rings. The summed E-state index contributed by atoms with van der Waals surface area (Å²) in [5, 5.41) is 0. The maximum atomic E-state index is 11.7. The first-order valence-electron chi connectivity index (χ1n) is 9.18. The van der Waals surface area contributed by atoms with E-state index in [1.807, 2.05) is 0 Å². The first kappa shape index (κ1) is 24.6. The fourth-order valence-electron chi connectivity index (χ4n) is 2.75. The number of ether oxygens (including phenoxy) is 6. The molecule has 1 fully saturated rings. The largest absolute Gasteiger partial charge is 0.463 e. The summed E-state index contributed by atoms with van der Waals surface area (Å²) in [7, 11) is 0. The third-order valence-corrected chi connectivity index (χ3v) is 3.78. The molecule has 0 bridgehead atoms. The second-order valence-electron chi connectivity index (χ2n) is 6.37. The molecule has 1 aliphatic rings. The lowest BCUT2D eigenvalue weighted by Crippen LogP contribution is -2.63. The van der Waals surface area contributed by atoms with E-state index in [0.717, 1.165) is 13.8 Å². The van der Waals surface area contributed by atoms with Crippen molar-refractivity contribution in [3.63, 3.8) is 0 Å². The maximum absolute atomic E-state index is 11.7. The van der Waals surface area contributed by atoms with Gasteiger partial charge in [-0.3, -0.25) is 19.2 Å². The van der Waals surface area contributed by atoms with E-state index >= 15 is 0 Å². The van der Waals surface area contributed by atoms with Gasteiger partial charge in [0.2, 0.25) is 0 Å². The van der Waals surface area contributed by atoms with Crippen LogP contribution in [-0.4, -0.2) is 67.8 Å². The first-order chi connectivity index (χ1) is 13.6. The van der Waals surface area contributed by atoms with E-state index in [-0.39, 0.29) is 13.2 Å². The van der Waals surface area contributed by atoms with Crippen molar-refractivity contribution in [1.82, 2.24) is 0 Å². The van der Waals surface area contributed by atoms with Gasteiger partial charge < -0.3 is 28.4 Å². The Morgan fingerprint density at radius 3 is 1.93 bits per heavy atom. The molecule has 10 nitrogen and oxygen atoms in total. The number of esters is 4. The van der Waals surface area contributed by atoms with Crippen LogP contribution in [0.3, 0.4) is 0 Å². The van der Waals surface area contributed by atoms with Crippen molar-refractivity contribution in [3.05, 3.63) is 12.7 Å². The highest BCUT2D eigenvalue weighted by molar-refractivity contribution is 5.68. The highest BCUT2D eigenvalue weighted by atomic mass is 16.7. The van der Waals surface area contributed by atoms with E-state index in [4.69, 9.17) is 28.4 Å². The fourth-order valence-corrected chi connectivity index (χ4v) is 2.75. The number of hydrogen-bond acceptors (Lipinski definition) is 10. The number of allylic oxidation sites excluding steroid dienone is 1. The molecule has 2 unspecified atom stereocenters. The fraction of sp³-hybridized carbons (Fsp3) is 0.684. The summed E-state index contributed by atoms with van der Waals surface area (Å²) < 4.78 is 32.3. The molecular weight excluding hydrogens is 388 g/mol. The van der Waals surface area contributed by atoms with Crippen molar-refractivity contribution in [2.45, 2.75) is 71.2 Å². The molecule has 0 aromatic carbocycles. The van der Waals surface area contributed by atoms with Crippen molar-refractivity contribution in [1.29, 1.82) is 0 Å². The highest BCUT2D eigenvalue weighted by Gasteiger charge is 2.52. The molecule has 0 radical (unpaired) electrons. The molecular formula is C19H28O10. The topological polar surface area (TPSA) is 124 Å². The molecule has 1 aliphatic heterocycles. The molecule has 0 N–H and O–H groups in total. The van der Waals surface area contributed by atoms with E-state index < -0.39 is 54.6 Å². The molecule has 164 valence electrons. The molecule has 0 saturated carbocycles. The normalized spacial score (nSPS) is 26.1. The summed E-state index contributed by atoms with van der Waals surface area (Å²) in [4.78, 5) is 46.1. The third kappa shape index (κ3) is 8.61. The Bertz CT molecular complexity index is 602.